The minimum Gasteiger partial charge on any atom is -0.465 e. The lowest BCUT2D eigenvalue weighted by molar-refractivity contribution is -0.143. The fourth-order valence-corrected chi connectivity index (χ4v) is 3.58. The summed E-state index contributed by atoms with van der Waals surface area (Å²) in [6.45, 7) is 5.80. The van der Waals surface area contributed by atoms with Crippen molar-refractivity contribution in [2.24, 2.45) is 11.0 Å². The fourth-order valence-electron chi connectivity index (χ4n) is 3.45. The van der Waals surface area contributed by atoms with Crippen LogP contribution in [0.5, 0.6) is 0 Å². The van der Waals surface area contributed by atoms with Crippen molar-refractivity contribution in [2.45, 2.75) is 33.4 Å². The molecule has 1 unspecified atom stereocenters. The van der Waals surface area contributed by atoms with Crippen molar-refractivity contribution in [3.63, 3.8) is 0 Å². The van der Waals surface area contributed by atoms with Crippen LogP contribution in [0.2, 0.25) is 5.02 Å². The maximum absolute atomic E-state index is 12.8. The second-order valence-electron chi connectivity index (χ2n) is 7.97. The van der Waals surface area contributed by atoms with Gasteiger partial charge in [0.15, 0.2) is 0 Å². The van der Waals surface area contributed by atoms with Gasteiger partial charge in [0.05, 0.1) is 12.8 Å². The van der Waals surface area contributed by atoms with Gasteiger partial charge in [0.1, 0.15) is 12.6 Å². The van der Waals surface area contributed by atoms with Crippen molar-refractivity contribution in [1.29, 1.82) is 0 Å². The molecule has 1 aromatic heterocycles. The molecule has 0 aliphatic rings. The number of hydrazone groups is 1. The Kier molecular flexibility index (Phi) is 8.43. The average molecular weight is 483 g/mol. The lowest BCUT2D eigenvalue weighted by Crippen LogP contribution is -2.48. The van der Waals surface area contributed by atoms with E-state index in [9.17, 15) is 14.4 Å². The minimum absolute atomic E-state index is 0.0701. The van der Waals surface area contributed by atoms with Crippen molar-refractivity contribution < 1.29 is 19.1 Å². The Morgan fingerprint density at radius 1 is 1.12 bits per heavy atom. The highest BCUT2D eigenvalue weighted by atomic mass is 35.5. The summed E-state index contributed by atoms with van der Waals surface area (Å²) in [4.78, 5) is 37.2. The van der Waals surface area contributed by atoms with Crippen molar-refractivity contribution >= 4 is 46.5 Å². The van der Waals surface area contributed by atoms with E-state index in [2.05, 4.69) is 15.8 Å². The second-order valence-corrected chi connectivity index (χ2v) is 8.41. The van der Waals surface area contributed by atoms with E-state index in [1.165, 1.54) is 6.21 Å². The third-order valence-electron chi connectivity index (χ3n) is 5.14. The molecular formula is C25H27ClN4O4. The Balaban J connectivity index is 1.71. The molecule has 1 heterocycles. The van der Waals surface area contributed by atoms with Crippen LogP contribution in [0, 0.1) is 5.92 Å². The standard InChI is InChI=1S/C25H27ClN4O4/c1-4-34-22(31)15-30-14-18(20-7-5-6-8-21(20)30)13-27-29-25(33)23(16(2)3)28-24(32)17-9-11-19(26)12-10-17/h5-14,16,23H,4,15H2,1-3H3,(H,28,32)(H,29,33)/b27-13-. The molecule has 0 aliphatic heterocycles. The number of benzene rings is 2. The van der Waals surface area contributed by atoms with E-state index < -0.39 is 11.9 Å². The first-order chi connectivity index (χ1) is 16.3. The van der Waals surface area contributed by atoms with Gasteiger partial charge in [-0.1, -0.05) is 43.6 Å². The van der Waals surface area contributed by atoms with Crippen molar-refractivity contribution in [2.75, 3.05) is 6.61 Å². The summed E-state index contributed by atoms with van der Waals surface area (Å²) >= 11 is 5.87. The van der Waals surface area contributed by atoms with Gasteiger partial charge >= 0.3 is 5.97 Å². The smallest absolute Gasteiger partial charge is 0.325 e. The summed E-state index contributed by atoms with van der Waals surface area (Å²) in [5.41, 5.74) is 4.49. The fraction of sp³-hybridized carbons (Fsp3) is 0.280. The van der Waals surface area contributed by atoms with E-state index in [1.54, 1.807) is 42.0 Å². The highest BCUT2D eigenvalue weighted by Crippen LogP contribution is 2.20. The maximum atomic E-state index is 12.8. The summed E-state index contributed by atoms with van der Waals surface area (Å²) in [5, 5.41) is 8.23. The second kappa shape index (κ2) is 11.5. The molecule has 0 aliphatic carbocycles. The lowest BCUT2D eigenvalue weighted by Gasteiger charge is -2.20. The SMILES string of the molecule is CCOC(=O)Cn1cc(/C=N\NC(=O)C(NC(=O)c2ccc(Cl)cc2)C(C)C)c2ccccc21. The molecule has 0 fully saturated rings. The third kappa shape index (κ3) is 6.23. The number of nitrogens with one attached hydrogen (secondary N) is 2. The number of carbonyl (C=O) groups excluding carboxylic acids is 3. The van der Waals surface area contributed by atoms with Gasteiger partial charge in [0.25, 0.3) is 11.8 Å². The highest BCUT2D eigenvalue weighted by molar-refractivity contribution is 6.30. The number of hydrogen-bond donors (Lipinski definition) is 2. The first-order valence-electron chi connectivity index (χ1n) is 10.9. The summed E-state index contributed by atoms with van der Waals surface area (Å²) in [7, 11) is 0. The van der Waals surface area contributed by atoms with Crippen LogP contribution in [0.15, 0.2) is 59.8 Å². The van der Waals surface area contributed by atoms with Gasteiger partial charge in [-0.25, -0.2) is 5.43 Å². The number of amides is 2. The van der Waals surface area contributed by atoms with Gasteiger partial charge in [-0.15, -0.1) is 0 Å². The van der Waals surface area contributed by atoms with Gasteiger partial charge < -0.3 is 14.6 Å². The number of hydrogen-bond acceptors (Lipinski definition) is 5. The number of carbonyl (C=O) groups is 3. The normalized spacial score (nSPS) is 12.1. The van der Waals surface area contributed by atoms with Gasteiger partial charge in [0, 0.05) is 33.2 Å². The minimum atomic E-state index is -0.787. The predicted molar refractivity (Wildman–Crippen MR) is 132 cm³/mol. The van der Waals surface area contributed by atoms with Crippen molar-refractivity contribution in [1.82, 2.24) is 15.3 Å². The molecule has 2 aromatic carbocycles. The molecule has 9 heteroatoms. The molecule has 2 N–H and O–H groups in total. The zero-order valence-corrected chi connectivity index (χ0v) is 20.0. The van der Waals surface area contributed by atoms with Crippen LogP contribution in [0.3, 0.4) is 0 Å². The first-order valence-corrected chi connectivity index (χ1v) is 11.3. The maximum Gasteiger partial charge on any atom is 0.325 e. The molecule has 178 valence electrons. The number of fused-ring (bicyclic) bond motifs is 1. The molecule has 2 amide bonds. The Hall–Kier alpha value is -3.65. The average Bonchev–Trinajstić information content (AvgIpc) is 3.15. The van der Waals surface area contributed by atoms with Crippen LogP contribution < -0.4 is 10.7 Å². The molecule has 34 heavy (non-hydrogen) atoms. The van der Waals surface area contributed by atoms with Crippen LogP contribution >= 0.6 is 11.6 Å². The highest BCUT2D eigenvalue weighted by Gasteiger charge is 2.24. The number of rotatable bonds is 9. The monoisotopic (exact) mass is 482 g/mol. The van der Waals surface area contributed by atoms with E-state index in [0.29, 0.717) is 17.2 Å². The molecular weight excluding hydrogens is 456 g/mol. The Bertz CT molecular complexity index is 1200. The zero-order valence-electron chi connectivity index (χ0n) is 19.2. The van der Waals surface area contributed by atoms with Crippen LogP contribution in [0.1, 0.15) is 36.7 Å². The van der Waals surface area contributed by atoms with E-state index >= 15 is 0 Å². The third-order valence-corrected chi connectivity index (χ3v) is 5.40. The molecule has 0 saturated heterocycles. The molecule has 3 aromatic rings. The van der Waals surface area contributed by atoms with Gasteiger partial charge in [-0.05, 0) is 43.2 Å². The zero-order chi connectivity index (χ0) is 24.7. The summed E-state index contributed by atoms with van der Waals surface area (Å²) in [5.74, 6) is -1.32. The molecule has 1 atom stereocenters. The molecule has 0 saturated carbocycles. The van der Waals surface area contributed by atoms with Gasteiger partial charge in [-0.3, -0.25) is 14.4 Å². The van der Waals surface area contributed by atoms with Gasteiger partial charge in [-0.2, -0.15) is 5.10 Å². The number of aromatic nitrogens is 1. The number of esters is 1. The molecule has 8 nitrogen and oxygen atoms in total. The number of ether oxygens (including phenoxy) is 1. The van der Waals surface area contributed by atoms with Crippen LogP contribution in [0.25, 0.3) is 10.9 Å². The van der Waals surface area contributed by atoms with Gasteiger partial charge in [0.2, 0.25) is 0 Å². The Morgan fingerprint density at radius 2 is 1.82 bits per heavy atom. The first kappa shape index (κ1) is 25.0. The Labute approximate surface area is 202 Å². The van der Waals surface area contributed by atoms with Crippen LogP contribution in [-0.4, -0.2) is 41.2 Å². The van der Waals surface area contributed by atoms with Crippen molar-refractivity contribution in [3.05, 3.63) is 70.9 Å². The van der Waals surface area contributed by atoms with E-state index in [4.69, 9.17) is 16.3 Å². The van der Waals surface area contributed by atoms with E-state index in [0.717, 1.165) is 16.5 Å². The lowest BCUT2D eigenvalue weighted by atomic mass is 10.0. The predicted octanol–water partition coefficient (Wildman–Crippen LogP) is 3.76. The summed E-state index contributed by atoms with van der Waals surface area (Å²) < 4.78 is 6.82. The number of para-hydroxylation sites is 1. The molecule has 0 spiro atoms. The quantitative estimate of drug-likeness (QED) is 0.275. The topological polar surface area (TPSA) is 102 Å². The largest absolute Gasteiger partial charge is 0.465 e. The molecule has 0 radical (unpaired) electrons. The number of nitrogens with zero attached hydrogens (tertiary/aromatic N) is 2. The van der Waals surface area contributed by atoms with Crippen molar-refractivity contribution in [3.8, 4) is 0 Å². The van der Waals surface area contributed by atoms with E-state index in [1.807, 2.05) is 38.1 Å². The Morgan fingerprint density at radius 3 is 2.50 bits per heavy atom. The summed E-state index contributed by atoms with van der Waals surface area (Å²) in [6, 6.07) is 13.2. The molecule has 0 bridgehead atoms. The van der Waals surface area contributed by atoms with E-state index in [-0.39, 0.29) is 24.3 Å². The molecule has 3 rings (SSSR count). The van der Waals surface area contributed by atoms with Crippen LogP contribution in [-0.2, 0) is 20.9 Å². The summed E-state index contributed by atoms with van der Waals surface area (Å²) in [6.07, 6.45) is 3.29. The van der Waals surface area contributed by atoms with Crippen LogP contribution in [0.4, 0.5) is 0 Å². The number of halogens is 1.